The molecule has 2 amide bonds. The zero-order valence-electron chi connectivity index (χ0n) is 12.6. The lowest BCUT2D eigenvalue weighted by atomic mass is 10.2. The number of carbonyl (C=O) groups excluding carboxylic acids is 2. The summed E-state index contributed by atoms with van der Waals surface area (Å²) in [6, 6.07) is 3.23. The van der Waals surface area contributed by atoms with Gasteiger partial charge in [0, 0.05) is 12.7 Å². The molecule has 3 heterocycles. The summed E-state index contributed by atoms with van der Waals surface area (Å²) in [7, 11) is 0. The lowest BCUT2D eigenvalue weighted by Gasteiger charge is -2.03. The highest BCUT2D eigenvalue weighted by molar-refractivity contribution is 6.03. The molecule has 0 bridgehead atoms. The van der Waals surface area contributed by atoms with Crippen LogP contribution in [0.5, 0.6) is 0 Å². The minimum atomic E-state index is -0.582. The van der Waals surface area contributed by atoms with Crippen LogP contribution in [0.4, 0.5) is 5.95 Å². The summed E-state index contributed by atoms with van der Waals surface area (Å²) in [4.78, 5) is 34.6. The SMILES string of the molecule is CCn1nc(C)cc1C(=O)Nc1nc2ncc(C(N)=O)cc2[nH]1. The minimum absolute atomic E-state index is 0.237. The van der Waals surface area contributed by atoms with E-state index in [2.05, 4.69) is 25.4 Å². The van der Waals surface area contributed by atoms with Gasteiger partial charge in [0.2, 0.25) is 11.9 Å². The summed E-state index contributed by atoms with van der Waals surface area (Å²) < 4.78 is 1.61. The Balaban J connectivity index is 1.88. The highest BCUT2D eigenvalue weighted by atomic mass is 16.2. The molecule has 0 saturated carbocycles. The molecule has 4 N–H and O–H groups in total. The van der Waals surface area contributed by atoms with Crippen LogP contribution in [-0.2, 0) is 6.54 Å². The van der Waals surface area contributed by atoms with Crippen molar-refractivity contribution >= 4 is 28.9 Å². The van der Waals surface area contributed by atoms with Crippen LogP contribution in [0.15, 0.2) is 18.3 Å². The standard InChI is InChI=1S/C14H15N7O2/c1-3-21-10(4-7(2)20-21)13(23)19-14-17-9-5-8(11(15)22)6-16-12(9)18-14/h4-6H,3H2,1-2H3,(H2,15,22)(H2,16,17,18,19,23). The van der Waals surface area contributed by atoms with Crippen LogP contribution >= 0.6 is 0 Å². The second-order valence-electron chi connectivity index (χ2n) is 4.99. The number of aromatic amines is 1. The Morgan fingerprint density at radius 3 is 2.87 bits per heavy atom. The Bertz CT molecular complexity index is 909. The number of pyridine rings is 1. The van der Waals surface area contributed by atoms with Crippen molar-refractivity contribution in [3.8, 4) is 0 Å². The van der Waals surface area contributed by atoms with Crippen LogP contribution < -0.4 is 11.1 Å². The Morgan fingerprint density at radius 1 is 1.39 bits per heavy atom. The first-order chi connectivity index (χ1) is 11.0. The van der Waals surface area contributed by atoms with Gasteiger partial charge in [-0.25, -0.2) is 4.98 Å². The van der Waals surface area contributed by atoms with E-state index in [1.807, 2.05) is 13.8 Å². The number of amides is 2. The maximum Gasteiger partial charge on any atom is 0.276 e. The van der Waals surface area contributed by atoms with Crippen molar-refractivity contribution in [2.75, 3.05) is 5.32 Å². The number of hydrogen-bond donors (Lipinski definition) is 3. The van der Waals surface area contributed by atoms with Gasteiger partial charge in [-0.15, -0.1) is 0 Å². The van der Waals surface area contributed by atoms with E-state index in [1.165, 1.54) is 12.3 Å². The number of imidazole rings is 1. The molecule has 0 unspecified atom stereocenters. The predicted molar refractivity (Wildman–Crippen MR) is 83.0 cm³/mol. The van der Waals surface area contributed by atoms with E-state index >= 15 is 0 Å². The summed E-state index contributed by atoms with van der Waals surface area (Å²) in [5.74, 6) is -0.677. The second kappa shape index (κ2) is 5.52. The number of nitrogens with two attached hydrogens (primary N) is 1. The maximum absolute atomic E-state index is 12.3. The van der Waals surface area contributed by atoms with Crippen molar-refractivity contribution in [3.63, 3.8) is 0 Å². The van der Waals surface area contributed by atoms with E-state index in [-0.39, 0.29) is 17.4 Å². The second-order valence-corrected chi connectivity index (χ2v) is 4.99. The van der Waals surface area contributed by atoms with Gasteiger partial charge in [-0.2, -0.15) is 10.1 Å². The first kappa shape index (κ1) is 14.7. The van der Waals surface area contributed by atoms with Crippen LogP contribution in [0.3, 0.4) is 0 Å². The van der Waals surface area contributed by atoms with Gasteiger partial charge in [-0.05, 0) is 26.0 Å². The summed E-state index contributed by atoms with van der Waals surface area (Å²) in [5.41, 5.74) is 7.56. The molecule has 23 heavy (non-hydrogen) atoms. The average molecular weight is 313 g/mol. The van der Waals surface area contributed by atoms with E-state index in [0.29, 0.717) is 23.4 Å². The van der Waals surface area contributed by atoms with Crippen LogP contribution in [0.2, 0.25) is 0 Å². The van der Waals surface area contributed by atoms with Crippen molar-refractivity contribution < 1.29 is 9.59 Å². The fourth-order valence-electron chi connectivity index (χ4n) is 2.23. The van der Waals surface area contributed by atoms with Gasteiger partial charge in [0.15, 0.2) is 5.65 Å². The molecule has 0 aliphatic heterocycles. The molecule has 0 atom stereocenters. The van der Waals surface area contributed by atoms with Crippen LogP contribution in [-0.4, -0.2) is 36.5 Å². The monoisotopic (exact) mass is 313 g/mol. The van der Waals surface area contributed by atoms with Gasteiger partial charge in [-0.1, -0.05) is 0 Å². The molecule has 9 heteroatoms. The quantitative estimate of drug-likeness (QED) is 0.656. The van der Waals surface area contributed by atoms with Gasteiger partial charge in [0.05, 0.1) is 16.8 Å². The zero-order chi connectivity index (χ0) is 16.6. The first-order valence-corrected chi connectivity index (χ1v) is 6.99. The fourth-order valence-corrected chi connectivity index (χ4v) is 2.23. The Hall–Kier alpha value is -3.23. The van der Waals surface area contributed by atoms with Crippen molar-refractivity contribution in [2.45, 2.75) is 20.4 Å². The van der Waals surface area contributed by atoms with Gasteiger partial charge >= 0.3 is 0 Å². The number of primary amides is 1. The van der Waals surface area contributed by atoms with Crippen LogP contribution in [0, 0.1) is 6.92 Å². The molecule has 0 saturated heterocycles. The highest BCUT2D eigenvalue weighted by Gasteiger charge is 2.15. The molecule has 0 spiro atoms. The van der Waals surface area contributed by atoms with Crippen molar-refractivity contribution in [1.29, 1.82) is 0 Å². The fraction of sp³-hybridized carbons (Fsp3) is 0.214. The lowest BCUT2D eigenvalue weighted by molar-refractivity contribution is 0.0995. The van der Waals surface area contributed by atoms with E-state index in [0.717, 1.165) is 5.69 Å². The molecular weight excluding hydrogens is 298 g/mol. The zero-order valence-corrected chi connectivity index (χ0v) is 12.6. The van der Waals surface area contributed by atoms with E-state index in [1.54, 1.807) is 10.7 Å². The van der Waals surface area contributed by atoms with Gasteiger partial charge in [0.25, 0.3) is 5.91 Å². The number of nitrogens with one attached hydrogen (secondary N) is 2. The molecule has 3 aromatic heterocycles. The van der Waals surface area contributed by atoms with Crippen molar-refractivity contribution in [3.05, 3.63) is 35.3 Å². The Morgan fingerprint density at radius 2 is 2.17 bits per heavy atom. The normalized spacial score (nSPS) is 10.9. The smallest absolute Gasteiger partial charge is 0.276 e. The molecule has 0 radical (unpaired) electrons. The number of aromatic nitrogens is 5. The number of anilines is 1. The molecule has 0 fully saturated rings. The number of aryl methyl sites for hydroxylation is 2. The van der Waals surface area contributed by atoms with Gasteiger partial charge in [0.1, 0.15) is 5.69 Å². The lowest BCUT2D eigenvalue weighted by Crippen LogP contribution is -2.18. The highest BCUT2D eigenvalue weighted by Crippen LogP contribution is 2.14. The third kappa shape index (κ3) is 2.76. The Kier molecular flexibility index (Phi) is 3.53. The number of hydrogen-bond acceptors (Lipinski definition) is 5. The number of fused-ring (bicyclic) bond motifs is 1. The first-order valence-electron chi connectivity index (χ1n) is 6.99. The summed E-state index contributed by atoms with van der Waals surface area (Å²) in [5, 5.41) is 6.89. The average Bonchev–Trinajstić information content (AvgIpc) is 3.08. The van der Waals surface area contributed by atoms with Crippen LogP contribution in [0.25, 0.3) is 11.2 Å². The Labute approximate surface area is 130 Å². The third-order valence-corrected chi connectivity index (χ3v) is 3.29. The van der Waals surface area contributed by atoms with Crippen molar-refractivity contribution in [1.82, 2.24) is 24.7 Å². The predicted octanol–water partition coefficient (Wildman–Crippen LogP) is 0.834. The molecule has 9 nitrogen and oxygen atoms in total. The molecular formula is C14H15N7O2. The van der Waals surface area contributed by atoms with E-state index < -0.39 is 5.91 Å². The molecule has 3 aromatic rings. The third-order valence-electron chi connectivity index (χ3n) is 3.29. The summed E-state index contributed by atoms with van der Waals surface area (Å²) in [6.07, 6.45) is 1.34. The van der Waals surface area contributed by atoms with Crippen LogP contribution in [0.1, 0.15) is 33.5 Å². The molecule has 3 rings (SSSR count). The number of nitrogens with zero attached hydrogens (tertiary/aromatic N) is 4. The largest absolute Gasteiger partial charge is 0.366 e. The van der Waals surface area contributed by atoms with Crippen molar-refractivity contribution in [2.24, 2.45) is 5.73 Å². The summed E-state index contributed by atoms with van der Waals surface area (Å²) >= 11 is 0. The number of rotatable bonds is 4. The molecule has 118 valence electrons. The number of carbonyl (C=O) groups is 2. The van der Waals surface area contributed by atoms with Gasteiger partial charge in [-0.3, -0.25) is 19.6 Å². The minimum Gasteiger partial charge on any atom is -0.366 e. The maximum atomic E-state index is 12.3. The molecule has 0 aliphatic carbocycles. The molecule has 0 aromatic carbocycles. The van der Waals surface area contributed by atoms with E-state index in [4.69, 9.17) is 5.73 Å². The number of H-pyrrole nitrogens is 1. The van der Waals surface area contributed by atoms with E-state index in [9.17, 15) is 9.59 Å². The molecule has 0 aliphatic rings. The van der Waals surface area contributed by atoms with Gasteiger partial charge < -0.3 is 10.7 Å². The topological polar surface area (TPSA) is 132 Å². The summed E-state index contributed by atoms with van der Waals surface area (Å²) in [6.45, 7) is 4.30.